The summed E-state index contributed by atoms with van der Waals surface area (Å²) in [6.07, 6.45) is 1.48. The van der Waals surface area contributed by atoms with Crippen molar-refractivity contribution in [3.63, 3.8) is 0 Å². The van der Waals surface area contributed by atoms with Gasteiger partial charge < -0.3 is 15.2 Å². The highest BCUT2D eigenvalue weighted by molar-refractivity contribution is 5.33. The van der Waals surface area contributed by atoms with Crippen LogP contribution in [0.1, 0.15) is 43.4 Å². The van der Waals surface area contributed by atoms with E-state index in [1.54, 1.807) is 6.07 Å². The van der Waals surface area contributed by atoms with Crippen molar-refractivity contribution < 1.29 is 9.84 Å². The van der Waals surface area contributed by atoms with Gasteiger partial charge in [-0.1, -0.05) is 38.1 Å². The quantitative estimate of drug-likeness (QED) is 0.730. The molecule has 0 bridgehead atoms. The highest BCUT2D eigenvalue weighted by Gasteiger charge is 2.21. The minimum atomic E-state index is -0.639. The number of hydrogen-bond donors (Lipinski definition) is 2. The number of hydrogen-bond acceptors (Lipinski definition) is 4. The summed E-state index contributed by atoms with van der Waals surface area (Å²) in [6, 6.07) is 17.5. The molecule has 0 unspecified atom stereocenters. The number of nitriles is 1. The first-order chi connectivity index (χ1) is 12.1. The van der Waals surface area contributed by atoms with E-state index in [2.05, 4.69) is 11.4 Å². The van der Waals surface area contributed by atoms with Gasteiger partial charge in [0.15, 0.2) is 0 Å². The van der Waals surface area contributed by atoms with E-state index in [9.17, 15) is 5.11 Å². The molecule has 0 saturated heterocycles. The molecule has 2 rings (SSSR count). The number of nitrogens with one attached hydrogen (secondary N) is 1. The molecule has 0 aliphatic heterocycles. The Hall–Kier alpha value is -2.35. The lowest BCUT2D eigenvalue weighted by Gasteiger charge is -2.25. The molecule has 0 aliphatic carbocycles. The molecule has 4 nitrogen and oxygen atoms in total. The van der Waals surface area contributed by atoms with Crippen LogP contribution in [0.5, 0.6) is 5.75 Å². The maximum Gasteiger partial charge on any atom is 0.120 e. The maximum atomic E-state index is 10.3. The molecule has 0 heterocycles. The highest BCUT2D eigenvalue weighted by Crippen LogP contribution is 2.17. The van der Waals surface area contributed by atoms with Gasteiger partial charge in [0.1, 0.15) is 12.4 Å². The number of ether oxygens (including phenoxy) is 1. The molecule has 2 aromatic carbocycles. The third kappa shape index (κ3) is 5.90. The lowest BCUT2D eigenvalue weighted by molar-refractivity contribution is 0.0323. The first-order valence-electron chi connectivity index (χ1n) is 8.72. The second kappa shape index (κ2) is 9.22. The van der Waals surface area contributed by atoms with E-state index in [0.717, 1.165) is 29.7 Å². The molecule has 4 heteroatoms. The van der Waals surface area contributed by atoms with Crippen LogP contribution in [0.25, 0.3) is 0 Å². The minimum absolute atomic E-state index is 0.428. The average Bonchev–Trinajstić information content (AvgIpc) is 2.66. The van der Waals surface area contributed by atoms with Crippen LogP contribution in [-0.2, 0) is 13.2 Å². The molecular formula is C21H26N2O2. The molecule has 0 aliphatic rings. The summed E-state index contributed by atoms with van der Waals surface area (Å²) in [4.78, 5) is 0. The second-order valence-electron chi connectivity index (χ2n) is 6.28. The van der Waals surface area contributed by atoms with Crippen LogP contribution in [0.4, 0.5) is 0 Å². The number of aliphatic hydroxyl groups is 1. The Bertz CT molecular complexity index is 718. The number of rotatable bonds is 9. The average molecular weight is 338 g/mol. The van der Waals surface area contributed by atoms with Crippen LogP contribution in [0.15, 0.2) is 48.5 Å². The molecule has 0 saturated carbocycles. The van der Waals surface area contributed by atoms with E-state index in [-0.39, 0.29) is 0 Å². The van der Waals surface area contributed by atoms with Gasteiger partial charge in [-0.05, 0) is 48.2 Å². The van der Waals surface area contributed by atoms with Gasteiger partial charge in [-0.15, -0.1) is 0 Å². The molecular weight excluding hydrogens is 312 g/mol. The van der Waals surface area contributed by atoms with Crippen molar-refractivity contribution in [2.75, 3.05) is 6.54 Å². The van der Waals surface area contributed by atoms with Gasteiger partial charge in [0, 0.05) is 13.1 Å². The highest BCUT2D eigenvalue weighted by atomic mass is 16.5. The van der Waals surface area contributed by atoms with Crippen molar-refractivity contribution in [1.29, 1.82) is 5.26 Å². The summed E-state index contributed by atoms with van der Waals surface area (Å²) in [6.45, 7) is 5.69. The Labute approximate surface area is 150 Å². The molecule has 0 spiro atoms. The Kier molecular flexibility index (Phi) is 7.00. The van der Waals surface area contributed by atoms with Crippen LogP contribution in [0.2, 0.25) is 0 Å². The van der Waals surface area contributed by atoms with Crippen molar-refractivity contribution in [1.82, 2.24) is 5.32 Å². The summed E-state index contributed by atoms with van der Waals surface area (Å²) in [5.74, 6) is 0.794. The van der Waals surface area contributed by atoms with Gasteiger partial charge >= 0.3 is 0 Å². The number of nitrogens with zero attached hydrogens (tertiary/aromatic N) is 1. The van der Waals surface area contributed by atoms with E-state index in [1.165, 1.54) is 0 Å². The van der Waals surface area contributed by atoms with Gasteiger partial charge in [-0.2, -0.15) is 5.26 Å². The molecule has 0 fully saturated rings. The van der Waals surface area contributed by atoms with Crippen molar-refractivity contribution in [3.8, 4) is 11.8 Å². The molecule has 0 aromatic heterocycles. The predicted molar refractivity (Wildman–Crippen MR) is 99.2 cm³/mol. The van der Waals surface area contributed by atoms with E-state index in [0.29, 0.717) is 25.3 Å². The van der Waals surface area contributed by atoms with E-state index >= 15 is 0 Å². The molecule has 2 N–H and O–H groups in total. The van der Waals surface area contributed by atoms with Gasteiger partial charge in [0.05, 0.1) is 17.2 Å². The monoisotopic (exact) mass is 338 g/mol. The normalized spacial score (nSPS) is 11.1. The summed E-state index contributed by atoms with van der Waals surface area (Å²) in [5.41, 5.74) is 2.08. The van der Waals surface area contributed by atoms with Gasteiger partial charge in [-0.3, -0.25) is 0 Å². The van der Waals surface area contributed by atoms with Crippen LogP contribution in [0, 0.1) is 11.3 Å². The smallest absolute Gasteiger partial charge is 0.120 e. The first kappa shape index (κ1) is 19.0. The molecule has 0 atom stereocenters. The van der Waals surface area contributed by atoms with Crippen molar-refractivity contribution in [3.05, 3.63) is 65.2 Å². The second-order valence-corrected chi connectivity index (χ2v) is 6.28. The zero-order valence-corrected chi connectivity index (χ0v) is 15.0. The van der Waals surface area contributed by atoms with E-state index in [1.807, 2.05) is 56.3 Å². The first-order valence-corrected chi connectivity index (χ1v) is 8.72. The standard InChI is InChI=1S/C21H26N2O2/c1-3-21(24,4-2)16-23-14-18-8-6-10-20(12-18)25-15-19-9-5-7-17(11-19)13-22/h5-12,23-24H,3-4,14-16H2,1-2H3. The summed E-state index contributed by atoms with van der Waals surface area (Å²) >= 11 is 0. The fraction of sp³-hybridized carbons (Fsp3) is 0.381. The Morgan fingerprint density at radius 3 is 2.52 bits per heavy atom. The fourth-order valence-corrected chi connectivity index (χ4v) is 2.58. The topological polar surface area (TPSA) is 65.3 Å². The summed E-state index contributed by atoms with van der Waals surface area (Å²) in [5, 5.41) is 22.6. The Morgan fingerprint density at radius 1 is 1.08 bits per heavy atom. The lowest BCUT2D eigenvalue weighted by atomic mass is 9.97. The molecule has 25 heavy (non-hydrogen) atoms. The zero-order chi connectivity index (χ0) is 18.1. The fourth-order valence-electron chi connectivity index (χ4n) is 2.58. The SMILES string of the molecule is CCC(O)(CC)CNCc1cccc(OCc2cccc(C#N)c2)c1. The van der Waals surface area contributed by atoms with Crippen LogP contribution < -0.4 is 10.1 Å². The summed E-state index contributed by atoms with van der Waals surface area (Å²) in [7, 11) is 0. The largest absolute Gasteiger partial charge is 0.489 e. The van der Waals surface area contributed by atoms with Gasteiger partial charge in [0.25, 0.3) is 0 Å². The lowest BCUT2D eigenvalue weighted by Crippen LogP contribution is -2.39. The van der Waals surface area contributed by atoms with Gasteiger partial charge in [0.2, 0.25) is 0 Å². The summed E-state index contributed by atoms with van der Waals surface area (Å²) < 4.78 is 5.84. The van der Waals surface area contributed by atoms with Crippen molar-refractivity contribution >= 4 is 0 Å². The molecule has 0 radical (unpaired) electrons. The van der Waals surface area contributed by atoms with Crippen LogP contribution in [-0.4, -0.2) is 17.3 Å². The number of benzene rings is 2. The zero-order valence-electron chi connectivity index (χ0n) is 15.0. The van der Waals surface area contributed by atoms with Crippen molar-refractivity contribution in [2.45, 2.75) is 45.4 Å². The van der Waals surface area contributed by atoms with Crippen molar-refractivity contribution in [2.24, 2.45) is 0 Å². The third-order valence-corrected chi connectivity index (χ3v) is 4.46. The third-order valence-electron chi connectivity index (χ3n) is 4.46. The molecule has 2 aromatic rings. The Balaban J connectivity index is 1.89. The predicted octanol–water partition coefficient (Wildman–Crippen LogP) is 3.78. The van der Waals surface area contributed by atoms with Gasteiger partial charge in [-0.25, -0.2) is 0 Å². The van der Waals surface area contributed by atoms with E-state index in [4.69, 9.17) is 10.00 Å². The molecule has 0 amide bonds. The van der Waals surface area contributed by atoms with Crippen LogP contribution >= 0.6 is 0 Å². The maximum absolute atomic E-state index is 10.3. The van der Waals surface area contributed by atoms with E-state index < -0.39 is 5.60 Å². The minimum Gasteiger partial charge on any atom is -0.489 e. The van der Waals surface area contributed by atoms with Crippen LogP contribution in [0.3, 0.4) is 0 Å². The molecule has 132 valence electrons. The Morgan fingerprint density at radius 2 is 1.80 bits per heavy atom.